The summed E-state index contributed by atoms with van der Waals surface area (Å²) in [4.78, 5) is 16.1. The Hall–Kier alpha value is -3.52. The van der Waals surface area contributed by atoms with Gasteiger partial charge in [0.05, 0.1) is 18.9 Å². The van der Waals surface area contributed by atoms with Crippen LogP contribution in [0.4, 0.5) is 16.5 Å². The number of aliphatic hydroxyl groups excluding tert-OH is 1. The van der Waals surface area contributed by atoms with Crippen LogP contribution in [0.3, 0.4) is 0 Å². The molecule has 3 N–H and O–H groups in total. The van der Waals surface area contributed by atoms with Gasteiger partial charge in [0, 0.05) is 18.8 Å². The zero-order valence-corrected chi connectivity index (χ0v) is 19.3. The van der Waals surface area contributed by atoms with E-state index in [0.717, 1.165) is 28.8 Å². The van der Waals surface area contributed by atoms with Crippen molar-refractivity contribution >= 4 is 17.8 Å². The molecule has 0 aliphatic heterocycles. The van der Waals surface area contributed by atoms with Gasteiger partial charge in [-0.15, -0.1) is 0 Å². The molecular formula is C25H31N3O5. The second-order valence-corrected chi connectivity index (χ2v) is 8.07. The van der Waals surface area contributed by atoms with Gasteiger partial charge in [-0.3, -0.25) is 0 Å². The number of aliphatic hydroxyl groups is 1. The minimum atomic E-state index is -0.436. The number of oxazole rings is 1. The number of rotatable bonds is 11. The van der Waals surface area contributed by atoms with Gasteiger partial charge in [0.1, 0.15) is 12.4 Å². The molecule has 1 aromatic heterocycles. The lowest BCUT2D eigenvalue weighted by atomic mass is 10.0. The number of alkyl carbamates (subject to hydrolysis) is 1. The molecule has 3 aromatic rings. The summed E-state index contributed by atoms with van der Waals surface area (Å²) in [5.41, 5.74) is 3.47. The first-order chi connectivity index (χ1) is 16.0. The first kappa shape index (κ1) is 24.1. The highest BCUT2D eigenvalue weighted by Crippen LogP contribution is 2.33. The minimum absolute atomic E-state index is 0.143. The molecule has 1 amide bonds. The van der Waals surface area contributed by atoms with Crippen molar-refractivity contribution in [2.45, 2.75) is 33.3 Å². The number of carbonyl (C=O) groups is 1. The molecule has 0 saturated carbocycles. The fraction of sp³-hybridized carbons (Fsp3) is 0.360. The second kappa shape index (κ2) is 11.9. The first-order valence-electron chi connectivity index (χ1n) is 11.0. The Morgan fingerprint density at radius 2 is 2.03 bits per heavy atom. The Balaban J connectivity index is 1.66. The van der Waals surface area contributed by atoms with E-state index < -0.39 is 6.09 Å². The van der Waals surface area contributed by atoms with Crippen LogP contribution in [-0.2, 0) is 17.8 Å². The number of aromatic nitrogens is 1. The van der Waals surface area contributed by atoms with Crippen LogP contribution in [0.1, 0.15) is 31.4 Å². The van der Waals surface area contributed by atoms with E-state index in [1.807, 2.05) is 56.3 Å². The minimum Gasteiger partial charge on any atom is -0.496 e. The summed E-state index contributed by atoms with van der Waals surface area (Å²) in [5.74, 6) is 1.61. The molecule has 3 rings (SSSR count). The molecule has 8 nitrogen and oxygen atoms in total. The summed E-state index contributed by atoms with van der Waals surface area (Å²) in [6, 6.07) is 13.7. The van der Waals surface area contributed by atoms with E-state index in [4.69, 9.17) is 19.0 Å². The molecule has 0 aliphatic rings. The van der Waals surface area contributed by atoms with Crippen molar-refractivity contribution in [3.05, 3.63) is 59.8 Å². The van der Waals surface area contributed by atoms with Crippen LogP contribution in [0.25, 0.3) is 11.3 Å². The average molecular weight is 454 g/mol. The Labute approximate surface area is 193 Å². The molecule has 0 atom stereocenters. The summed E-state index contributed by atoms with van der Waals surface area (Å²) in [6.07, 6.45) is 2.66. The van der Waals surface area contributed by atoms with Crippen molar-refractivity contribution in [3.8, 4) is 17.1 Å². The predicted molar refractivity (Wildman–Crippen MR) is 127 cm³/mol. The van der Waals surface area contributed by atoms with E-state index in [2.05, 4.69) is 15.6 Å². The number of anilines is 2. The molecule has 0 radical (unpaired) electrons. The van der Waals surface area contributed by atoms with E-state index >= 15 is 0 Å². The maximum absolute atomic E-state index is 11.8. The van der Waals surface area contributed by atoms with Crippen molar-refractivity contribution in [1.82, 2.24) is 10.3 Å². The van der Waals surface area contributed by atoms with Gasteiger partial charge >= 0.3 is 6.09 Å². The fourth-order valence-corrected chi connectivity index (χ4v) is 3.19. The molecular weight excluding hydrogens is 422 g/mol. The van der Waals surface area contributed by atoms with Crippen LogP contribution >= 0.6 is 0 Å². The number of methoxy groups -OCH3 is 1. The van der Waals surface area contributed by atoms with Gasteiger partial charge in [0.15, 0.2) is 5.76 Å². The number of carbonyl (C=O) groups excluding carboxylic acids is 1. The van der Waals surface area contributed by atoms with Crippen LogP contribution < -0.4 is 15.4 Å². The standard InChI is InChI=1S/C25H31N3O5/c1-17(2)14-27-25(30)32-16-19-6-4-8-20(12-19)28-24-26-15-23(33-24)21-13-18(7-5-11-29)9-10-22(21)31-3/h4,6,8-10,12-13,15,17,29H,5,7,11,14,16H2,1-3H3,(H,26,28)(H,27,30). The maximum atomic E-state index is 11.8. The van der Waals surface area contributed by atoms with Crippen molar-refractivity contribution in [2.75, 3.05) is 25.6 Å². The fourth-order valence-electron chi connectivity index (χ4n) is 3.19. The summed E-state index contributed by atoms with van der Waals surface area (Å²) in [5, 5.41) is 15.0. The van der Waals surface area contributed by atoms with Crippen LogP contribution in [0.2, 0.25) is 0 Å². The lowest BCUT2D eigenvalue weighted by Crippen LogP contribution is -2.27. The average Bonchev–Trinajstić information content (AvgIpc) is 3.28. The largest absolute Gasteiger partial charge is 0.496 e. The molecule has 176 valence electrons. The zero-order valence-electron chi connectivity index (χ0n) is 19.3. The highest BCUT2D eigenvalue weighted by molar-refractivity contribution is 5.68. The number of hydrogen-bond donors (Lipinski definition) is 3. The predicted octanol–water partition coefficient (Wildman–Crippen LogP) is 4.90. The molecule has 0 aliphatic carbocycles. The van der Waals surface area contributed by atoms with Gasteiger partial charge in [-0.2, -0.15) is 0 Å². The Bertz CT molecular complexity index is 1050. The number of nitrogens with zero attached hydrogens (tertiary/aromatic N) is 1. The van der Waals surface area contributed by atoms with Crippen LogP contribution in [0.5, 0.6) is 5.75 Å². The third-order valence-corrected chi connectivity index (χ3v) is 4.86. The van der Waals surface area contributed by atoms with E-state index in [-0.39, 0.29) is 13.2 Å². The summed E-state index contributed by atoms with van der Waals surface area (Å²) in [6.45, 7) is 4.92. The molecule has 2 aromatic carbocycles. The quantitative estimate of drug-likeness (QED) is 0.379. The SMILES string of the molecule is COc1ccc(CCCO)cc1-c1cnc(Nc2cccc(COC(=O)NCC(C)C)c2)o1. The van der Waals surface area contributed by atoms with Crippen molar-refractivity contribution in [1.29, 1.82) is 0 Å². The van der Waals surface area contributed by atoms with Crippen molar-refractivity contribution in [3.63, 3.8) is 0 Å². The monoisotopic (exact) mass is 453 g/mol. The molecule has 1 heterocycles. The lowest BCUT2D eigenvalue weighted by Gasteiger charge is -2.10. The molecule has 0 bridgehead atoms. The van der Waals surface area contributed by atoms with Gasteiger partial charge < -0.3 is 29.6 Å². The molecule has 0 unspecified atom stereocenters. The Kier molecular flexibility index (Phi) is 8.71. The number of benzene rings is 2. The molecule has 0 fully saturated rings. The van der Waals surface area contributed by atoms with Crippen molar-refractivity contribution in [2.24, 2.45) is 5.92 Å². The van der Waals surface area contributed by atoms with E-state index in [9.17, 15) is 4.79 Å². The number of hydrogen-bond acceptors (Lipinski definition) is 7. The second-order valence-electron chi connectivity index (χ2n) is 8.07. The van der Waals surface area contributed by atoms with Crippen molar-refractivity contribution < 1.29 is 23.8 Å². The molecule has 0 saturated heterocycles. The van der Waals surface area contributed by atoms with E-state index in [0.29, 0.717) is 36.4 Å². The van der Waals surface area contributed by atoms with Gasteiger partial charge in [-0.1, -0.05) is 32.0 Å². The number of nitrogens with one attached hydrogen (secondary N) is 2. The summed E-state index contributed by atoms with van der Waals surface area (Å²) in [7, 11) is 1.61. The van der Waals surface area contributed by atoms with Crippen LogP contribution in [-0.4, -0.2) is 36.4 Å². The molecule has 33 heavy (non-hydrogen) atoms. The summed E-state index contributed by atoms with van der Waals surface area (Å²) >= 11 is 0. The smallest absolute Gasteiger partial charge is 0.407 e. The highest BCUT2D eigenvalue weighted by atomic mass is 16.5. The van der Waals surface area contributed by atoms with Crippen LogP contribution in [0.15, 0.2) is 53.1 Å². The number of ether oxygens (including phenoxy) is 2. The normalized spacial score (nSPS) is 10.8. The zero-order chi connectivity index (χ0) is 23.6. The van der Waals surface area contributed by atoms with E-state index in [1.54, 1.807) is 13.3 Å². The Morgan fingerprint density at radius 1 is 1.18 bits per heavy atom. The number of aryl methyl sites for hydroxylation is 1. The topological polar surface area (TPSA) is 106 Å². The van der Waals surface area contributed by atoms with Gasteiger partial charge in [-0.25, -0.2) is 9.78 Å². The highest BCUT2D eigenvalue weighted by Gasteiger charge is 2.13. The number of amides is 1. The maximum Gasteiger partial charge on any atom is 0.407 e. The lowest BCUT2D eigenvalue weighted by molar-refractivity contribution is 0.138. The molecule has 0 spiro atoms. The van der Waals surface area contributed by atoms with Crippen LogP contribution in [0, 0.1) is 5.92 Å². The van der Waals surface area contributed by atoms with E-state index in [1.165, 1.54) is 0 Å². The van der Waals surface area contributed by atoms with Gasteiger partial charge in [0.2, 0.25) is 0 Å². The first-order valence-corrected chi connectivity index (χ1v) is 11.0. The third kappa shape index (κ3) is 7.25. The van der Waals surface area contributed by atoms with Gasteiger partial charge in [-0.05, 0) is 54.2 Å². The third-order valence-electron chi connectivity index (χ3n) is 4.86. The summed E-state index contributed by atoms with van der Waals surface area (Å²) < 4.78 is 16.7. The van der Waals surface area contributed by atoms with Gasteiger partial charge in [0.25, 0.3) is 6.01 Å². The molecule has 8 heteroatoms. The Morgan fingerprint density at radius 3 is 2.79 bits per heavy atom.